The highest BCUT2D eigenvalue weighted by molar-refractivity contribution is 5.99. The molecule has 4 rings (SSSR count). The average Bonchev–Trinajstić information content (AvgIpc) is 2.94. The van der Waals surface area contributed by atoms with Gasteiger partial charge in [-0.05, 0) is 50.3 Å². The fourth-order valence-corrected chi connectivity index (χ4v) is 4.63. The number of amides is 1. The quantitative estimate of drug-likeness (QED) is 0.781. The number of carbonyl (C=O) groups excluding carboxylic acids is 2. The Labute approximate surface area is 171 Å². The average molecular weight is 393 g/mol. The predicted molar refractivity (Wildman–Crippen MR) is 112 cm³/mol. The summed E-state index contributed by atoms with van der Waals surface area (Å²) in [6.07, 6.45) is 5.29. The first-order valence-electron chi connectivity index (χ1n) is 10.3. The molecule has 1 fully saturated rings. The molecule has 0 unspecified atom stereocenters. The maximum atomic E-state index is 13.6. The Morgan fingerprint density at radius 3 is 2.69 bits per heavy atom. The summed E-state index contributed by atoms with van der Waals surface area (Å²) in [5.41, 5.74) is 2.30. The number of aromatic nitrogens is 1. The molecule has 1 aliphatic carbocycles. The summed E-state index contributed by atoms with van der Waals surface area (Å²) in [7, 11) is 1.45. The van der Waals surface area contributed by atoms with Crippen LogP contribution >= 0.6 is 0 Å². The summed E-state index contributed by atoms with van der Waals surface area (Å²) in [4.78, 5) is 32.2. The van der Waals surface area contributed by atoms with E-state index in [0.29, 0.717) is 32.2 Å². The maximum absolute atomic E-state index is 13.6. The summed E-state index contributed by atoms with van der Waals surface area (Å²) in [5.74, 6) is 0.668. The third kappa shape index (κ3) is 3.48. The zero-order chi connectivity index (χ0) is 20.4. The van der Waals surface area contributed by atoms with Crippen molar-refractivity contribution < 1.29 is 14.3 Å². The lowest BCUT2D eigenvalue weighted by Gasteiger charge is -2.38. The molecular weight excluding hydrogens is 366 g/mol. The first kappa shape index (κ1) is 19.4. The van der Waals surface area contributed by atoms with Gasteiger partial charge in [-0.15, -0.1) is 0 Å². The van der Waals surface area contributed by atoms with Gasteiger partial charge in [0.2, 0.25) is 5.91 Å². The van der Waals surface area contributed by atoms with Crippen molar-refractivity contribution in [2.75, 3.05) is 17.3 Å². The van der Waals surface area contributed by atoms with Gasteiger partial charge in [0.15, 0.2) is 0 Å². The molecule has 0 radical (unpaired) electrons. The lowest BCUT2D eigenvalue weighted by molar-refractivity contribution is -0.156. The minimum Gasteiger partial charge on any atom is -0.469 e. The summed E-state index contributed by atoms with van der Waals surface area (Å²) in [5, 5.41) is 3.37. The molecule has 1 saturated carbocycles. The van der Waals surface area contributed by atoms with Gasteiger partial charge in [0.25, 0.3) is 0 Å². The van der Waals surface area contributed by atoms with Crippen molar-refractivity contribution in [3.8, 4) is 0 Å². The highest BCUT2D eigenvalue weighted by Crippen LogP contribution is 2.44. The summed E-state index contributed by atoms with van der Waals surface area (Å²) in [6.45, 7) is 2.51. The zero-order valence-electron chi connectivity index (χ0n) is 17.0. The van der Waals surface area contributed by atoms with E-state index in [1.165, 1.54) is 7.11 Å². The van der Waals surface area contributed by atoms with Crippen LogP contribution in [0.1, 0.15) is 44.6 Å². The molecule has 2 aromatic rings. The maximum Gasteiger partial charge on any atom is 0.311 e. The van der Waals surface area contributed by atoms with Gasteiger partial charge in [-0.2, -0.15) is 0 Å². The van der Waals surface area contributed by atoms with Crippen LogP contribution in [-0.2, 0) is 20.9 Å². The van der Waals surface area contributed by atoms with Gasteiger partial charge in [-0.25, -0.2) is 4.98 Å². The highest BCUT2D eigenvalue weighted by atomic mass is 16.5. The number of rotatable bonds is 3. The molecule has 2 aliphatic rings. The highest BCUT2D eigenvalue weighted by Gasteiger charge is 2.43. The van der Waals surface area contributed by atoms with Gasteiger partial charge in [-0.1, -0.05) is 25.1 Å². The Bertz CT molecular complexity index is 919. The number of anilines is 3. The monoisotopic (exact) mass is 393 g/mol. The summed E-state index contributed by atoms with van der Waals surface area (Å²) >= 11 is 0. The van der Waals surface area contributed by atoms with Gasteiger partial charge in [0, 0.05) is 17.7 Å². The lowest BCUT2D eigenvalue weighted by Crippen LogP contribution is -2.42. The van der Waals surface area contributed by atoms with E-state index < -0.39 is 5.41 Å². The van der Waals surface area contributed by atoms with Crippen LogP contribution in [0.15, 0.2) is 42.6 Å². The van der Waals surface area contributed by atoms with Crippen LogP contribution in [0, 0.1) is 11.3 Å². The number of esters is 1. The number of nitrogens with one attached hydrogen (secondary N) is 1. The van der Waals surface area contributed by atoms with Crippen molar-refractivity contribution in [1.82, 2.24) is 4.98 Å². The first-order chi connectivity index (χ1) is 14.1. The minimum atomic E-state index is -0.444. The number of pyridine rings is 1. The summed E-state index contributed by atoms with van der Waals surface area (Å²) in [6, 6.07) is 11.7. The molecule has 29 heavy (non-hydrogen) atoms. The number of ether oxygens (including phenoxy) is 1. The van der Waals surface area contributed by atoms with E-state index in [1.54, 1.807) is 6.20 Å². The van der Waals surface area contributed by atoms with E-state index in [0.717, 1.165) is 29.2 Å². The van der Waals surface area contributed by atoms with E-state index in [9.17, 15) is 9.59 Å². The number of methoxy groups -OCH3 is 1. The molecule has 1 aromatic carbocycles. The molecule has 2 heterocycles. The van der Waals surface area contributed by atoms with Crippen molar-refractivity contribution in [1.29, 1.82) is 0 Å². The van der Waals surface area contributed by atoms with Gasteiger partial charge in [-0.3, -0.25) is 9.59 Å². The van der Waals surface area contributed by atoms with E-state index in [2.05, 4.69) is 10.3 Å². The second-order valence-electron chi connectivity index (χ2n) is 7.98. The molecular formula is C23H27N3O3. The molecule has 1 N–H and O–H groups in total. The Kier molecular flexibility index (Phi) is 5.26. The van der Waals surface area contributed by atoms with Gasteiger partial charge in [0.1, 0.15) is 5.82 Å². The van der Waals surface area contributed by atoms with Crippen molar-refractivity contribution >= 4 is 29.1 Å². The Morgan fingerprint density at radius 2 is 1.97 bits per heavy atom. The second-order valence-corrected chi connectivity index (χ2v) is 7.98. The van der Waals surface area contributed by atoms with Crippen LogP contribution in [0.25, 0.3) is 0 Å². The fourth-order valence-electron chi connectivity index (χ4n) is 4.63. The molecule has 6 heteroatoms. The SMILES string of the molecule is CCC1(C(=O)OC)CCC(C(=O)N2Cc3cccnc3Nc3ccccc32)CC1. The van der Waals surface area contributed by atoms with Crippen LogP contribution in [0.3, 0.4) is 0 Å². The van der Waals surface area contributed by atoms with Crippen molar-refractivity contribution in [2.24, 2.45) is 11.3 Å². The molecule has 1 aliphatic heterocycles. The third-order valence-corrected chi connectivity index (χ3v) is 6.52. The Balaban J connectivity index is 1.60. The van der Waals surface area contributed by atoms with Crippen molar-refractivity contribution in [2.45, 2.75) is 45.6 Å². The predicted octanol–water partition coefficient (Wildman–Crippen LogP) is 4.43. The van der Waals surface area contributed by atoms with Crippen LogP contribution in [0.4, 0.5) is 17.2 Å². The fraction of sp³-hybridized carbons (Fsp3) is 0.435. The van der Waals surface area contributed by atoms with Gasteiger partial charge in [0.05, 0.1) is 30.4 Å². The molecule has 0 bridgehead atoms. The Morgan fingerprint density at radius 1 is 1.21 bits per heavy atom. The van der Waals surface area contributed by atoms with Crippen LogP contribution < -0.4 is 10.2 Å². The minimum absolute atomic E-state index is 0.0920. The number of benzene rings is 1. The zero-order valence-corrected chi connectivity index (χ0v) is 17.0. The lowest BCUT2D eigenvalue weighted by atomic mass is 9.68. The first-order valence-corrected chi connectivity index (χ1v) is 10.3. The normalized spacial score (nSPS) is 23.2. The molecule has 152 valence electrons. The Hall–Kier alpha value is -2.89. The standard InChI is InChI=1S/C23H27N3O3/c1-3-23(22(28)29-2)12-10-16(11-13-23)21(27)26-15-17-7-6-14-24-20(17)25-18-8-4-5-9-19(18)26/h4-9,14,16H,3,10-13,15H2,1-2H3,(H,24,25). The number of carbonyl (C=O) groups is 2. The number of hydrogen-bond acceptors (Lipinski definition) is 5. The topological polar surface area (TPSA) is 71.5 Å². The van der Waals surface area contributed by atoms with Crippen LogP contribution in [0.2, 0.25) is 0 Å². The van der Waals surface area contributed by atoms with Gasteiger partial charge >= 0.3 is 5.97 Å². The smallest absolute Gasteiger partial charge is 0.311 e. The second kappa shape index (κ2) is 7.85. The van der Waals surface area contributed by atoms with Crippen LogP contribution in [0.5, 0.6) is 0 Å². The molecule has 1 amide bonds. The molecule has 1 aromatic heterocycles. The summed E-state index contributed by atoms with van der Waals surface area (Å²) < 4.78 is 5.05. The van der Waals surface area contributed by atoms with Crippen molar-refractivity contribution in [3.05, 3.63) is 48.2 Å². The molecule has 0 atom stereocenters. The molecule has 6 nitrogen and oxygen atoms in total. The number of fused-ring (bicyclic) bond motifs is 2. The number of hydrogen-bond donors (Lipinski definition) is 1. The van der Waals surface area contributed by atoms with Crippen LogP contribution in [-0.4, -0.2) is 24.0 Å². The number of para-hydroxylation sites is 2. The van der Waals surface area contributed by atoms with Crippen molar-refractivity contribution in [3.63, 3.8) is 0 Å². The van der Waals surface area contributed by atoms with E-state index in [-0.39, 0.29) is 17.8 Å². The largest absolute Gasteiger partial charge is 0.469 e. The van der Waals surface area contributed by atoms with E-state index in [4.69, 9.17) is 4.74 Å². The van der Waals surface area contributed by atoms with Gasteiger partial charge < -0.3 is 15.0 Å². The molecule has 0 saturated heterocycles. The third-order valence-electron chi connectivity index (χ3n) is 6.52. The van der Waals surface area contributed by atoms with E-state index >= 15 is 0 Å². The number of nitrogens with zero attached hydrogens (tertiary/aromatic N) is 2. The van der Waals surface area contributed by atoms with E-state index in [1.807, 2.05) is 48.2 Å². The molecule has 0 spiro atoms.